The van der Waals surface area contributed by atoms with Gasteiger partial charge in [0.2, 0.25) is 5.88 Å². The lowest BCUT2D eigenvalue weighted by Gasteiger charge is -2.32. The number of phenolic OH excluding ortho intramolecular Hbond substituents is 1. The molecule has 0 radical (unpaired) electrons. The smallest absolute Gasteiger partial charge is 0.234 e. The molecule has 152 valence electrons. The number of benzene rings is 1. The Balaban J connectivity index is 1.79. The highest BCUT2D eigenvalue weighted by Gasteiger charge is 2.23. The Morgan fingerprint density at radius 2 is 1.93 bits per heavy atom. The van der Waals surface area contributed by atoms with Gasteiger partial charge in [-0.2, -0.15) is 4.98 Å². The van der Waals surface area contributed by atoms with E-state index in [0.29, 0.717) is 33.9 Å². The number of ether oxygens (including phenoxy) is 2. The molecule has 1 fully saturated rings. The van der Waals surface area contributed by atoms with Gasteiger partial charge in [-0.25, -0.2) is 9.97 Å². The summed E-state index contributed by atoms with van der Waals surface area (Å²) in [6.45, 7) is 5.39. The zero-order valence-electron chi connectivity index (χ0n) is 16.8. The molecule has 1 aliphatic rings. The molecule has 3 aromatic rings. The average molecular weight is 395 g/mol. The van der Waals surface area contributed by atoms with Gasteiger partial charge in [0.05, 0.1) is 11.6 Å². The van der Waals surface area contributed by atoms with Crippen molar-refractivity contribution in [1.29, 1.82) is 0 Å². The van der Waals surface area contributed by atoms with Crippen molar-refractivity contribution in [2.24, 2.45) is 0 Å². The molecule has 8 nitrogen and oxygen atoms in total. The van der Waals surface area contributed by atoms with Crippen LogP contribution in [0.2, 0.25) is 0 Å². The molecule has 0 amide bonds. The number of anilines is 2. The lowest BCUT2D eigenvalue weighted by Crippen LogP contribution is -2.37. The lowest BCUT2D eigenvalue weighted by atomic mass is 10.1. The van der Waals surface area contributed by atoms with Crippen LogP contribution >= 0.6 is 0 Å². The number of aromatic nitrogens is 3. The Kier molecular flexibility index (Phi) is 5.10. The quantitative estimate of drug-likeness (QED) is 0.693. The maximum atomic E-state index is 10.1. The minimum atomic E-state index is 0.164. The Bertz CT molecular complexity index is 1050. The van der Waals surface area contributed by atoms with Crippen molar-refractivity contribution in [3.63, 3.8) is 0 Å². The van der Waals surface area contributed by atoms with E-state index in [-0.39, 0.29) is 11.9 Å². The molecule has 0 aliphatic carbocycles. The first-order valence-electron chi connectivity index (χ1n) is 9.64. The minimum absolute atomic E-state index is 0.164. The van der Waals surface area contributed by atoms with E-state index in [2.05, 4.69) is 14.9 Å². The van der Waals surface area contributed by atoms with Crippen LogP contribution in [0.3, 0.4) is 0 Å². The van der Waals surface area contributed by atoms with Gasteiger partial charge in [-0.3, -0.25) is 0 Å². The summed E-state index contributed by atoms with van der Waals surface area (Å²) in [5.74, 6) is 2.13. The molecule has 1 saturated heterocycles. The maximum Gasteiger partial charge on any atom is 0.234 e. The molecular weight excluding hydrogens is 370 g/mol. The zero-order chi connectivity index (χ0) is 20.5. The first-order chi connectivity index (χ1) is 14.0. The largest absolute Gasteiger partial charge is 0.508 e. The minimum Gasteiger partial charge on any atom is -0.508 e. The highest BCUT2D eigenvalue weighted by molar-refractivity contribution is 5.94. The van der Waals surface area contributed by atoms with Crippen LogP contribution in [0, 0.1) is 13.8 Å². The van der Waals surface area contributed by atoms with Gasteiger partial charge in [0, 0.05) is 31.8 Å². The van der Waals surface area contributed by atoms with Gasteiger partial charge in [0.1, 0.15) is 34.8 Å². The number of piperidine rings is 1. The standard InChI is InChI=1S/C21H25N5O3/c1-12-4-5-16(27)13(2)19(12)29-21-18-15(23-11-24-20(18)22)10-17(25-21)26-8-6-14(28-3)7-9-26/h4-5,10-11,14,27H,6-9H2,1-3H3,(H2,22,23,24). The van der Waals surface area contributed by atoms with Crippen molar-refractivity contribution in [2.75, 3.05) is 30.8 Å². The fourth-order valence-electron chi connectivity index (χ4n) is 3.68. The van der Waals surface area contributed by atoms with E-state index in [1.165, 1.54) is 6.33 Å². The SMILES string of the molecule is COC1CCN(c2cc3ncnc(N)c3c(Oc3c(C)ccc(O)c3C)n2)CC1. The van der Waals surface area contributed by atoms with E-state index < -0.39 is 0 Å². The predicted molar refractivity (Wildman–Crippen MR) is 112 cm³/mol. The van der Waals surface area contributed by atoms with Gasteiger partial charge in [-0.05, 0) is 38.3 Å². The highest BCUT2D eigenvalue weighted by Crippen LogP contribution is 2.38. The molecule has 29 heavy (non-hydrogen) atoms. The van der Waals surface area contributed by atoms with E-state index >= 15 is 0 Å². The van der Waals surface area contributed by atoms with Crippen LogP contribution in [0.1, 0.15) is 24.0 Å². The number of phenols is 1. The number of nitrogens with two attached hydrogens (primary N) is 1. The third-order valence-electron chi connectivity index (χ3n) is 5.47. The number of aryl methyl sites for hydroxylation is 1. The molecule has 0 saturated carbocycles. The third-order valence-corrected chi connectivity index (χ3v) is 5.47. The molecule has 0 bridgehead atoms. The second-order valence-corrected chi connectivity index (χ2v) is 7.32. The van der Waals surface area contributed by atoms with E-state index in [0.717, 1.165) is 37.3 Å². The van der Waals surface area contributed by atoms with Crippen LogP contribution in [0.25, 0.3) is 10.9 Å². The molecule has 3 heterocycles. The maximum absolute atomic E-state index is 10.1. The number of methoxy groups -OCH3 is 1. The van der Waals surface area contributed by atoms with Crippen LogP contribution in [0.4, 0.5) is 11.6 Å². The van der Waals surface area contributed by atoms with Gasteiger partial charge < -0.3 is 25.2 Å². The monoisotopic (exact) mass is 395 g/mol. The molecule has 1 aromatic carbocycles. The van der Waals surface area contributed by atoms with Crippen molar-refractivity contribution < 1.29 is 14.6 Å². The number of fused-ring (bicyclic) bond motifs is 1. The number of rotatable bonds is 4. The van der Waals surface area contributed by atoms with Crippen molar-refractivity contribution in [1.82, 2.24) is 15.0 Å². The molecule has 2 aromatic heterocycles. The van der Waals surface area contributed by atoms with Gasteiger partial charge >= 0.3 is 0 Å². The molecular formula is C21H25N5O3. The number of hydrogen-bond acceptors (Lipinski definition) is 8. The highest BCUT2D eigenvalue weighted by atomic mass is 16.5. The van der Waals surface area contributed by atoms with Crippen molar-refractivity contribution in [2.45, 2.75) is 32.8 Å². The average Bonchev–Trinajstić information content (AvgIpc) is 2.74. The Morgan fingerprint density at radius 3 is 2.66 bits per heavy atom. The van der Waals surface area contributed by atoms with Crippen molar-refractivity contribution >= 4 is 22.5 Å². The third kappa shape index (κ3) is 3.63. The van der Waals surface area contributed by atoms with E-state index in [9.17, 15) is 5.11 Å². The molecule has 3 N–H and O–H groups in total. The van der Waals surface area contributed by atoms with Gasteiger partial charge in [0.25, 0.3) is 0 Å². The second kappa shape index (κ2) is 7.71. The topological polar surface area (TPSA) is 107 Å². The van der Waals surface area contributed by atoms with Gasteiger partial charge in [-0.15, -0.1) is 0 Å². The molecule has 0 atom stereocenters. The number of nitrogen functional groups attached to an aromatic ring is 1. The number of pyridine rings is 1. The summed E-state index contributed by atoms with van der Waals surface area (Å²) in [6, 6.07) is 5.37. The summed E-state index contributed by atoms with van der Waals surface area (Å²) in [4.78, 5) is 15.4. The van der Waals surface area contributed by atoms with Crippen LogP contribution in [0.5, 0.6) is 17.4 Å². The first kappa shape index (κ1) is 19.2. The summed E-state index contributed by atoms with van der Waals surface area (Å²) in [5.41, 5.74) is 8.33. The summed E-state index contributed by atoms with van der Waals surface area (Å²) < 4.78 is 11.7. The number of aromatic hydroxyl groups is 1. The van der Waals surface area contributed by atoms with Crippen LogP contribution in [-0.4, -0.2) is 46.4 Å². The summed E-state index contributed by atoms with van der Waals surface area (Å²) in [5, 5.41) is 10.7. The van der Waals surface area contributed by atoms with Crippen LogP contribution in [-0.2, 0) is 4.74 Å². The Labute approximate surface area is 169 Å². The van der Waals surface area contributed by atoms with Gasteiger partial charge in [0.15, 0.2) is 0 Å². The van der Waals surface area contributed by atoms with Gasteiger partial charge in [-0.1, -0.05) is 6.07 Å². The van der Waals surface area contributed by atoms with Crippen molar-refractivity contribution in [3.05, 3.63) is 35.7 Å². The lowest BCUT2D eigenvalue weighted by molar-refractivity contribution is 0.0818. The number of nitrogens with zero attached hydrogens (tertiary/aromatic N) is 4. The van der Waals surface area contributed by atoms with Crippen LogP contribution < -0.4 is 15.4 Å². The number of hydrogen-bond donors (Lipinski definition) is 2. The Morgan fingerprint density at radius 1 is 1.17 bits per heavy atom. The molecule has 0 unspecified atom stereocenters. The fourth-order valence-corrected chi connectivity index (χ4v) is 3.68. The summed E-state index contributed by atoms with van der Waals surface area (Å²) in [7, 11) is 1.75. The van der Waals surface area contributed by atoms with Crippen LogP contribution in [0.15, 0.2) is 24.5 Å². The summed E-state index contributed by atoms with van der Waals surface area (Å²) >= 11 is 0. The Hall–Kier alpha value is -3.13. The predicted octanol–water partition coefficient (Wildman–Crippen LogP) is 3.34. The zero-order valence-corrected chi connectivity index (χ0v) is 16.8. The second-order valence-electron chi connectivity index (χ2n) is 7.32. The molecule has 8 heteroatoms. The van der Waals surface area contributed by atoms with E-state index in [1.54, 1.807) is 26.2 Å². The van der Waals surface area contributed by atoms with Crippen molar-refractivity contribution in [3.8, 4) is 17.4 Å². The van der Waals surface area contributed by atoms with E-state index in [4.69, 9.17) is 20.2 Å². The first-order valence-corrected chi connectivity index (χ1v) is 9.64. The van der Waals surface area contributed by atoms with E-state index in [1.807, 2.05) is 13.0 Å². The molecule has 0 spiro atoms. The molecule has 4 rings (SSSR count). The normalized spacial score (nSPS) is 15.1. The molecule has 1 aliphatic heterocycles. The summed E-state index contributed by atoms with van der Waals surface area (Å²) in [6.07, 6.45) is 3.58. The fraction of sp³-hybridized carbons (Fsp3) is 0.381.